The van der Waals surface area contributed by atoms with Crippen LogP contribution in [0.25, 0.3) is 0 Å². The molecule has 2 aromatic carbocycles. The minimum atomic E-state index is -5.08. The van der Waals surface area contributed by atoms with Crippen LogP contribution in [0.2, 0.25) is 0 Å². The molecule has 8 nitrogen and oxygen atoms in total. The second-order valence-corrected chi connectivity index (χ2v) is 8.59. The summed E-state index contributed by atoms with van der Waals surface area (Å²) in [6, 6.07) is 18.2. The van der Waals surface area contributed by atoms with E-state index in [0.717, 1.165) is 25.3 Å². The third-order valence-electron chi connectivity index (χ3n) is 5.43. The van der Waals surface area contributed by atoms with E-state index in [1.807, 2.05) is 42.5 Å². The average molecular weight is 566 g/mol. The monoisotopic (exact) mass is 565 g/mol. The first kappa shape index (κ1) is 33.4. The molecule has 3 rings (SSSR count). The van der Waals surface area contributed by atoms with Crippen LogP contribution in [0, 0.1) is 0 Å². The maximum Gasteiger partial charge on any atom is 0.490 e. The van der Waals surface area contributed by atoms with Gasteiger partial charge in [-0.05, 0) is 69.9 Å². The number of amides is 1. The molecule has 1 amide bonds. The molecule has 0 spiro atoms. The van der Waals surface area contributed by atoms with Crippen molar-refractivity contribution in [2.45, 2.75) is 37.8 Å². The maximum atomic E-state index is 12.2. The number of rotatable bonds is 5. The molecule has 1 fully saturated rings. The predicted octanol–water partition coefficient (Wildman–Crippen LogP) is 4.73. The van der Waals surface area contributed by atoms with E-state index in [1.54, 1.807) is 0 Å². The number of aliphatic carboxylic acids is 2. The lowest BCUT2D eigenvalue weighted by atomic mass is 10.0. The van der Waals surface area contributed by atoms with Crippen molar-refractivity contribution >= 4 is 23.5 Å². The fraction of sp³-hybridized carbons (Fsp3) is 0.400. The van der Waals surface area contributed by atoms with Crippen LogP contribution < -0.4 is 5.32 Å². The summed E-state index contributed by atoms with van der Waals surface area (Å²) in [5, 5.41) is 17.2. The second-order valence-electron chi connectivity index (χ2n) is 8.59. The van der Waals surface area contributed by atoms with Crippen molar-refractivity contribution < 1.29 is 50.9 Å². The SMILES string of the molecule is CN(C)C1CCN(Cc2ccc(NC(=O)c3ccccc3)cc2)CC1.O=C(O)C(F)(F)F.O=C(O)C(F)(F)F. The summed E-state index contributed by atoms with van der Waals surface area (Å²) >= 11 is 0. The number of anilines is 1. The minimum absolute atomic E-state index is 0.0703. The summed E-state index contributed by atoms with van der Waals surface area (Å²) in [5.41, 5.74) is 2.81. The maximum absolute atomic E-state index is 12.2. The number of piperidine rings is 1. The van der Waals surface area contributed by atoms with Crippen LogP contribution in [0.3, 0.4) is 0 Å². The highest BCUT2D eigenvalue weighted by Crippen LogP contribution is 2.18. The van der Waals surface area contributed by atoms with Crippen molar-refractivity contribution in [2.24, 2.45) is 0 Å². The van der Waals surface area contributed by atoms with Gasteiger partial charge in [0, 0.05) is 23.8 Å². The molecule has 2 aromatic rings. The van der Waals surface area contributed by atoms with E-state index in [2.05, 4.69) is 41.3 Å². The van der Waals surface area contributed by atoms with E-state index in [9.17, 15) is 31.1 Å². The number of hydrogen-bond acceptors (Lipinski definition) is 5. The van der Waals surface area contributed by atoms with Gasteiger partial charge in [0.05, 0.1) is 0 Å². The highest BCUT2D eigenvalue weighted by molar-refractivity contribution is 6.04. The molecule has 0 bridgehead atoms. The zero-order valence-electron chi connectivity index (χ0n) is 21.1. The average Bonchev–Trinajstić information content (AvgIpc) is 2.85. The van der Waals surface area contributed by atoms with Gasteiger partial charge in [-0.2, -0.15) is 26.3 Å². The molecule has 1 heterocycles. The number of likely N-dealkylation sites (tertiary alicyclic amines) is 1. The number of benzene rings is 2. The minimum Gasteiger partial charge on any atom is -0.475 e. The number of hydrogen-bond donors (Lipinski definition) is 3. The Kier molecular flexibility index (Phi) is 12.9. The van der Waals surface area contributed by atoms with Crippen LogP contribution in [0.15, 0.2) is 54.6 Å². The summed E-state index contributed by atoms with van der Waals surface area (Å²) in [4.78, 5) is 34.8. The van der Waals surface area contributed by atoms with Crippen LogP contribution in [0.5, 0.6) is 0 Å². The molecular weight excluding hydrogens is 536 g/mol. The van der Waals surface area contributed by atoms with Gasteiger partial charge in [-0.3, -0.25) is 9.69 Å². The fourth-order valence-corrected chi connectivity index (χ4v) is 3.34. The molecular formula is C25H29F6N3O5. The zero-order valence-corrected chi connectivity index (χ0v) is 21.1. The van der Waals surface area contributed by atoms with Crippen molar-refractivity contribution in [2.75, 3.05) is 32.5 Å². The molecule has 1 saturated heterocycles. The number of nitrogens with zero attached hydrogens (tertiary/aromatic N) is 2. The van der Waals surface area contributed by atoms with E-state index >= 15 is 0 Å². The lowest BCUT2D eigenvalue weighted by molar-refractivity contribution is -0.193. The highest BCUT2D eigenvalue weighted by Gasteiger charge is 2.38. The molecule has 3 N–H and O–H groups in total. The largest absolute Gasteiger partial charge is 0.490 e. The summed E-state index contributed by atoms with van der Waals surface area (Å²) in [6.45, 7) is 3.28. The van der Waals surface area contributed by atoms with Crippen LogP contribution in [-0.2, 0) is 16.1 Å². The molecule has 0 aliphatic carbocycles. The lowest BCUT2D eigenvalue weighted by Gasteiger charge is -2.35. The van der Waals surface area contributed by atoms with Gasteiger partial charge < -0.3 is 20.4 Å². The first-order valence-electron chi connectivity index (χ1n) is 11.4. The normalized spacial score (nSPS) is 14.4. The highest BCUT2D eigenvalue weighted by atomic mass is 19.4. The Hall–Kier alpha value is -3.65. The summed E-state index contributed by atoms with van der Waals surface area (Å²) in [7, 11) is 4.34. The molecule has 1 aliphatic heterocycles. The number of carbonyl (C=O) groups excluding carboxylic acids is 1. The van der Waals surface area contributed by atoms with E-state index < -0.39 is 24.3 Å². The Balaban J connectivity index is 0.000000449. The Bertz CT molecular complexity index is 1030. The molecule has 39 heavy (non-hydrogen) atoms. The Morgan fingerprint density at radius 1 is 0.846 bits per heavy atom. The molecule has 0 atom stereocenters. The number of alkyl halides is 6. The van der Waals surface area contributed by atoms with Gasteiger partial charge in [-0.15, -0.1) is 0 Å². The molecule has 216 valence electrons. The van der Waals surface area contributed by atoms with Crippen molar-refractivity contribution in [3.63, 3.8) is 0 Å². The van der Waals surface area contributed by atoms with Crippen LogP contribution in [0.1, 0.15) is 28.8 Å². The number of carbonyl (C=O) groups is 3. The molecule has 14 heteroatoms. The Morgan fingerprint density at radius 2 is 1.28 bits per heavy atom. The van der Waals surface area contributed by atoms with Crippen LogP contribution >= 0.6 is 0 Å². The third-order valence-corrected chi connectivity index (χ3v) is 5.43. The summed E-state index contributed by atoms with van der Waals surface area (Å²) < 4.78 is 63.5. The fourth-order valence-electron chi connectivity index (χ4n) is 3.34. The molecule has 0 saturated carbocycles. The molecule has 0 unspecified atom stereocenters. The van der Waals surface area contributed by atoms with Gasteiger partial charge in [0.25, 0.3) is 5.91 Å². The Morgan fingerprint density at radius 3 is 1.67 bits per heavy atom. The second kappa shape index (κ2) is 15.1. The molecule has 1 aliphatic rings. The van der Waals surface area contributed by atoms with Crippen molar-refractivity contribution in [1.29, 1.82) is 0 Å². The van der Waals surface area contributed by atoms with E-state index in [1.165, 1.54) is 18.4 Å². The standard InChI is InChI=1S/C21H27N3O.2C2HF3O2/c1-23(2)20-12-14-24(15-13-20)16-17-8-10-19(11-9-17)22-21(25)18-6-4-3-5-7-18;2*3-2(4,5)1(6)7/h3-11,20H,12-16H2,1-2H3,(H,22,25);2*(H,6,7). The predicted molar refractivity (Wildman–Crippen MR) is 130 cm³/mol. The van der Waals surface area contributed by atoms with Crippen LogP contribution in [-0.4, -0.2) is 83.4 Å². The van der Waals surface area contributed by atoms with Gasteiger partial charge >= 0.3 is 24.3 Å². The quantitative estimate of drug-likeness (QED) is 0.450. The lowest BCUT2D eigenvalue weighted by Crippen LogP contribution is -2.41. The van der Waals surface area contributed by atoms with E-state index in [0.29, 0.717) is 11.6 Å². The van der Waals surface area contributed by atoms with E-state index in [4.69, 9.17) is 19.8 Å². The summed E-state index contributed by atoms with van der Waals surface area (Å²) in [6.07, 6.45) is -7.70. The van der Waals surface area contributed by atoms with Crippen LogP contribution in [0.4, 0.5) is 32.0 Å². The van der Waals surface area contributed by atoms with Crippen molar-refractivity contribution in [3.05, 3.63) is 65.7 Å². The van der Waals surface area contributed by atoms with Gasteiger partial charge in [0.15, 0.2) is 0 Å². The summed E-state index contributed by atoms with van der Waals surface area (Å²) in [5.74, 6) is -5.58. The van der Waals surface area contributed by atoms with Crippen molar-refractivity contribution in [1.82, 2.24) is 9.80 Å². The van der Waals surface area contributed by atoms with Gasteiger partial charge in [-0.25, -0.2) is 9.59 Å². The van der Waals surface area contributed by atoms with Gasteiger partial charge in [-0.1, -0.05) is 30.3 Å². The Labute approximate surface area is 220 Å². The number of carboxylic acid groups (broad SMARTS) is 2. The zero-order chi connectivity index (χ0) is 29.8. The molecule has 0 aromatic heterocycles. The first-order chi connectivity index (χ1) is 18.0. The number of halogens is 6. The number of nitrogens with one attached hydrogen (secondary N) is 1. The number of carboxylic acids is 2. The van der Waals surface area contributed by atoms with Gasteiger partial charge in [0.1, 0.15) is 0 Å². The van der Waals surface area contributed by atoms with Crippen molar-refractivity contribution in [3.8, 4) is 0 Å². The third kappa shape index (κ3) is 13.1. The topological polar surface area (TPSA) is 110 Å². The van der Waals surface area contributed by atoms with Gasteiger partial charge in [0.2, 0.25) is 0 Å². The smallest absolute Gasteiger partial charge is 0.475 e. The molecule has 0 radical (unpaired) electrons. The van der Waals surface area contributed by atoms with E-state index in [-0.39, 0.29) is 5.91 Å². The first-order valence-corrected chi connectivity index (χ1v) is 11.4.